The molecule has 2 aromatic carbocycles. The summed E-state index contributed by atoms with van der Waals surface area (Å²) in [6.45, 7) is 0. The Morgan fingerprint density at radius 3 is 2.10 bits per heavy atom. The molecule has 0 aliphatic heterocycles. The largest absolute Gasteiger partial charge is 0.369 e. The van der Waals surface area contributed by atoms with Crippen LogP contribution in [0.1, 0.15) is 11.1 Å². The normalized spacial score (nSPS) is 11.2. The van der Waals surface area contributed by atoms with Crippen molar-refractivity contribution < 1.29 is 0 Å². The Hall–Kier alpha value is -2.04. The molecule has 0 fully saturated rings. The van der Waals surface area contributed by atoms with Gasteiger partial charge in [-0.25, -0.2) is 0 Å². The van der Waals surface area contributed by atoms with Gasteiger partial charge in [-0.2, -0.15) is 0 Å². The summed E-state index contributed by atoms with van der Waals surface area (Å²) >= 11 is 12.1. The fourth-order valence-electron chi connectivity index (χ4n) is 1.64. The molecular formula is C14H12Cl2N4. The van der Waals surface area contributed by atoms with E-state index in [2.05, 4.69) is 10.2 Å². The summed E-state index contributed by atoms with van der Waals surface area (Å²) in [7, 11) is 0. The topological polar surface area (TPSA) is 76.8 Å². The van der Waals surface area contributed by atoms with Crippen molar-refractivity contribution in [2.45, 2.75) is 0 Å². The van der Waals surface area contributed by atoms with E-state index in [-0.39, 0.29) is 5.96 Å². The second-order valence-corrected chi connectivity index (χ2v) is 4.80. The summed E-state index contributed by atoms with van der Waals surface area (Å²) in [5.74, 6) is -0.122. The molecule has 0 atom stereocenters. The quantitative estimate of drug-likeness (QED) is 0.519. The van der Waals surface area contributed by atoms with Crippen LogP contribution >= 0.6 is 23.2 Å². The third kappa shape index (κ3) is 3.50. The number of benzene rings is 2. The number of halogens is 2. The lowest BCUT2D eigenvalue weighted by molar-refractivity contribution is 1.20. The fourth-order valence-corrected chi connectivity index (χ4v) is 1.99. The molecule has 0 radical (unpaired) electrons. The van der Waals surface area contributed by atoms with Gasteiger partial charge in [0.1, 0.15) is 5.71 Å². The predicted octanol–water partition coefficient (Wildman–Crippen LogP) is 3.02. The van der Waals surface area contributed by atoms with Gasteiger partial charge in [0, 0.05) is 16.1 Å². The Morgan fingerprint density at radius 2 is 1.50 bits per heavy atom. The van der Waals surface area contributed by atoms with Gasteiger partial charge in [0.15, 0.2) is 0 Å². The summed E-state index contributed by atoms with van der Waals surface area (Å²) in [5.41, 5.74) is 12.8. The predicted molar refractivity (Wildman–Crippen MR) is 84.4 cm³/mol. The highest BCUT2D eigenvalue weighted by Crippen LogP contribution is 2.21. The third-order valence-corrected chi connectivity index (χ3v) is 3.09. The molecule has 4 nitrogen and oxygen atoms in total. The van der Waals surface area contributed by atoms with Crippen LogP contribution in [0.3, 0.4) is 0 Å². The number of hydrogen-bond acceptors (Lipinski definition) is 2. The van der Waals surface area contributed by atoms with E-state index in [0.717, 1.165) is 11.1 Å². The zero-order valence-corrected chi connectivity index (χ0v) is 11.9. The van der Waals surface area contributed by atoms with E-state index in [4.69, 9.17) is 34.7 Å². The van der Waals surface area contributed by atoms with Crippen molar-refractivity contribution in [3.05, 3.63) is 69.7 Å². The van der Waals surface area contributed by atoms with E-state index < -0.39 is 0 Å². The molecule has 0 aromatic heterocycles. The minimum Gasteiger partial charge on any atom is -0.369 e. The van der Waals surface area contributed by atoms with Gasteiger partial charge in [-0.3, -0.25) is 0 Å². The molecule has 0 bridgehead atoms. The first-order chi connectivity index (χ1) is 9.58. The van der Waals surface area contributed by atoms with Crippen molar-refractivity contribution in [3.63, 3.8) is 0 Å². The lowest BCUT2D eigenvalue weighted by atomic mass is 10.0. The highest BCUT2D eigenvalue weighted by Gasteiger charge is 2.10. The van der Waals surface area contributed by atoms with Crippen LogP contribution in [-0.2, 0) is 0 Å². The first-order valence-electron chi connectivity index (χ1n) is 5.75. The van der Waals surface area contributed by atoms with Gasteiger partial charge < -0.3 is 11.5 Å². The minimum atomic E-state index is -0.122. The van der Waals surface area contributed by atoms with E-state index in [0.29, 0.717) is 15.8 Å². The van der Waals surface area contributed by atoms with Crippen molar-refractivity contribution in [1.82, 2.24) is 0 Å². The van der Waals surface area contributed by atoms with Crippen LogP contribution in [0.4, 0.5) is 0 Å². The Kier molecular flexibility index (Phi) is 4.61. The van der Waals surface area contributed by atoms with Gasteiger partial charge in [-0.05, 0) is 18.2 Å². The van der Waals surface area contributed by atoms with Crippen molar-refractivity contribution in [3.8, 4) is 0 Å². The highest BCUT2D eigenvalue weighted by molar-refractivity contribution is 6.35. The van der Waals surface area contributed by atoms with E-state index in [1.807, 2.05) is 30.3 Å². The Bertz CT molecular complexity index is 659. The van der Waals surface area contributed by atoms with E-state index in [1.54, 1.807) is 18.2 Å². The van der Waals surface area contributed by atoms with Gasteiger partial charge in [-0.1, -0.05) is 53.5 Å². The number of guanidine groups is 1. The maximum atomic E-state index is 6.20. The van der Waals surface area contributed by atoms with Crippen LogP contribution in [0.5, 0.6) is 0 Å². The van der Waals surface area contributed by atoms with Crippen molar-refractivity contribution in [1.29, 1.82) is 0 Å². The van der Waals surface area contributed by atoms with Crippen LogP contribution in [0.15, 0.2) is 58.7 Å². The summed E-state index contributed by atoms with van der Waals surface area (Å²) in [4.78, 5) is 0. The van der Waals surface area contributed by atoms with Crippen LogP contribution in [0, 0.1) is 0 Å². The first kappa shape index (κ1) is 14.4. The number of nitrogens with two attached hydrogens (primary N) is 2. The van der Waals surface area contributed by atoms with Crippen LogP contribution < -0.4 is 11.5 Å². The maximum Gasteiger partial charge on any atom is 0.211 e. The molecule has 0 aliphatic rings. The molecule has 2 rings (SSSR count). The minimum absolute atomic E-state index is 0.122. The smallest absolute Gasteiger partial charge is 0.211 e. The first-order valence-corrected chi connectivity index (χ1v) is 6.51. The van der Waals surface area contributed by atoms with Crippen molar-refractivity contribution >= 4 is 34.9 Å². The molecule has 0 unspecified atom stereocenters. The van der Waals surface area contributed by atoms with Gasteiger partial charge in [0.05, 0.1) is 5.02 Å². The molecule has 0 saturated heterocycles. The fraction of sp³-hybridized carbons (Fsp3) is 0. The summed E-state index contributed by atoms with van der Waals surface area (Å²) in [6.07, 6.45) is 0. The van der Waals surface area contributed by atoms with Crippen LogP contribution in [0.25, 0.3) is 0 Å². The van der Waals surface area contributed by atoms with Crippen molar-refractivity contribution in [2.75, 3.05) is 0 Å². The molecular weight excluding hydrogens is 295 g/mol. The number of hydrogen-bond donors (Lipinski definition) is 2. The third-order valence-electron chi connectivity index (χ3n) is 2.51. The summed E-state index contributed by atoms with van der Waals surface area (Å²) in [6, 6.07) is 14.5. The molecule has 102 valence electrons. The monoisotopic (exact) mass is 306 g/mol. The average molecular weight is 307 g/mol. The van der Waals surface area contributed by atoms with E-state index in [1.165, 1.54) is 0 Å². The zero-order chi connectivity index (χ0) is 14.5. The molecule has 0 saturated carbocycles. The van der Waals surface area contributed by atoms with Gasteiger partial charge in [0.25, 0.3) is 0 Å². The van der Waals surface area contributed by atoms with E-state index >= 15 is 0 Å². The Balaban J connectivity index is 2.57. The van der Waals surface area contributed by atoms with E-state index in [9.17, 15) is 0 Å². The SMILES string of the molecule is NC(N)=N/N=C(\c1ccc(Cl)cc1)c1ccccc1Cl. The molecule has 0 aliphatic carbocycles. The lowest BCUT2D eigenvalue weighted by Crippen LogP contribution is -2.22. The second kappa shape index (κ2) is 6.41. The number of nitrogens with zero attached hydrogens (tertiary/aromatic N) is 2. The Labute approximate surface area is 126 Å². The average Bonchev–Trinajstić information content (AvgIpc) is 2.42. The summed E-state index contributed by atoms with van der Waals surface area (Å²) < 4.78 is 0. The van der Waals surface area contributed by atoms with Crippen molar-refractivity contribution in [2.24, 2.45) is 21.7 Å². The zero-order valence-electron chi connectivity index (χ0n) is 10.4. The molecule has 4 N–H and O–H groups in total. The molecule has 20 heavy (non-hydrogen) atoms. The highest BCUT2D eigenvalue weighted by atomic mass is 35.5. The maximum absolute atomic E-state index is 6.20. The molecule has 2 aromatic rings. The second-order valence-electron chi connectivity index (χ2n) is 3.96. The van der Waals surface area contributed by atoms with Gasteiger partial charge >= 0.3 is 0 Å². The standard InChI is InChI=1S/C14H12Cl2N4/c15-10-7-5-9(6-8-10)13(19-20-14(17)18)11-3-1-2-4-12(11)16/h1-8H,(H4,17,18,20)/b19-13+. The van der Waals surface area contributed by atoms with Crippen LogP contribution in [0.2, 0.25) is 10.0 Å². The Morgan fingerprint density at radius 1 is 0.850 bits per heavy atom. The van der Waals surface area contributed by atoms with Gasteiger partial charge in [-0.15, -0.1) is 10.2 Å². The van der Waals surface area contributed by atoms with Crippen LogP contribution in [-0.4, -0.2) is 11.7 Å². The summed E-state index contributed by atoms with van der Waals surface area (Å²) in [5, 5.41) is 8.99. The lowest BCUT2D eigenvalue weighted by Gasteiger charge is -2.07. The molecule has 6 heteroatoms. The number of rotatable bonds is 3. The molecule has 0 amide bonds. The molecule has 0 spiro atoms. The van der Waals surface area contributed by atoms with Gasteiger partial charge in [0.2, 0.25) is 5.96 Å². The molecule has 0 heterocycles.